The number of nitriles is 1. The molecule has 2 rings (SSSR count). The van der Waals surface area contributed by atoms with Crippen LogP contribution in [0.3, 0.4) is 0 Å². The van der Waals surface area contributed by atoms with Crippen molar-refractivity contribution in [2.24, 2.45) is 0 Å². The summed E-state index contributed by atoms with van der Waals surface area (Å²) in [5.74, 6) is 0. The van der Waals surface area contributed by atoms with Crippen molar-refractivity contribution in [2.75, 3.05) is 26.2 Å². The minimum absolute atomic E-state index is 0.213. The van der Waals surface area contributed by atoms with Crippen molar-refractivity contribution in [3.8, 4) is 6.07 Å². The molecule has 1 saturated heterocycles. The molecule has 1 fully saturated rings. The van der Waals surface area contributed by atoms with Gasteiger partial charge in [-0.05, 0) is 12.1 Å². The Labute approximate surface area is 105 Å². The third-order valence-corrected chi connectivity index (χ3v) is 4.13. The lowest BCUT2D eigenvalue weighted by atomic mass is 10.1. The normalized spacial score (nSPS) is 19.2. The summed E-state index contributed by atoms with van der Waals surface area (Å²) >= 11 is 7.53. The molecule has 1 aliphatic rings. The van der Waals surface area contributed by atoms with Gasteiger partial charge in [0.15, 0.2) is 0 Å². The zero-order chi connectivity index (χ0) is 11.4. The van der Waals surface area contributed by atoms with Gasteiger partial charge in [0.2, 0.25) is 0 Å². The summed E-state index contributed by atoms with van der Waals surface area (Å²) in [5, 5.41) is 12.2. The Morgan fingerprint density at radius 2 is 2.25 bits per heavy atom. The molecule has 0 radical (unpaired) electrons. The highest BCUT2D eigenvalue weighted by molar-refractivity contribution is 7.16. The number of hydrogen-bond acceptors (Lipinski definition) is 4. The number of nitrogens with one attached hydrogen (secondary N) is 1. The van der Waals surface area contributed by atoms with E-state index in [4.69, 9.17) is 16.9 Å². The van der Waals surface area contributed by atoms with Crippen LogP contribution in [0.1, 0.15) is 17.3 Å². The molecule has 0 saturated carbocycles. The highest BCUT2D eigenvalue weighted by Crippen LogP contribution is 2.32. The molecule has 0 amide bonds. The second-order valence-electron chi connectivity index (χ2n) is 3.81. The lowest BCUT2D eigenvalue weighted by Crippen LogP contribution is -2.44. The van der Waals surface area contributed by atoms with Gasteiger partial charge in [0, 0.05) is 31.1 Å². The fourth-order valence-electron chi connectivity index (χ4n) is 2.00. The first-order valence-electron chi connectivity index (χ1n) is 5.38. The topological polar surface area (TPSA) is 39.1 Å². The first-order valence-corrected chi connectivity index (χ1v) is 6.57. The second-order valence-corrected chi connectivity index (χ2v) is 5.55. The van der Waals surface area contributed by atoms with Crippen LogP contribution in [0.2, 0.25) is 4.34 Å². The standard InChI is InChI=1S/C11H14ClN3S/c12-11-2-1-10(16-11)9(3-4-13)15-7-5-14-6-8-15/h1-2,9,14H,3,5-8H2/t9-/m1/s1. The van der Waals surface area contributed by atoms with Gasteiger partial charge in [-0.25, -0.2) is 0 Å². The molecule has 0 aliphatic carbocycles. The van der Waals surface area contributed by atoms with Crippen LogP contribution in [0.15, 0.2) is 12.1 Å². The van der Waals surface area contributed by atoms with Gasteiger partial charge in [-0.3, -0.25) is 4.90 Å². The molecule has 1 N–H and O–H groups in total. The summed E-state index contributed by atoms with van der Waals surface area (Å²) in [7, 11) is 0. The molecule has 16 heavy (non-hydrogen) atoms. The van der Waals surface area contributed by atoms with Gasteiger partial charge in [0.05, 0.1) is 22.9 Å². The lowest BCUT2D eigenvalue weighted by molar-refractivity contribution is 0.178. The van der Waals surface area contributed by atoms with E-state index in [9.17, 15) is 0 Å². The molecule has 2 heterocycles. The second kappa shape index (κ2) is 5.65. The summed E-state index contributed by atoms with van der Waals surface area (Å²) in [5.41, 5.74) is 0. The van der Waals surface area contributed by atoms with E-state index in [1.54, 1.807) is 11.3 Å². The van der Waals surface area contributed by atoms with Crippen molar-refractivity contribution in [3.63, 3.8) is 0 Å². The zero-order valence-electron chi connectivity index (χ0n) is 8.95. The average Bonchev–Trinajstić information content (AvgIpc) is 2.74. The van der Waals surface area contributed by atoms with E-state index in [1.165, 1.54) is 4.88 Å². The van der Waals surface area contributed by atoms with Gasteiger partial charge in [-0.15, -0.1) is 11.3 Å². The van der Waals surface area contributed by atoms with Gasteiger partial charge in [0.25, 0.3) is 0 Å². The molecule has 1 aromatic rings. The molecule has 0 aromatic carbocycles. The number of halogens is 1. The maximum Gasteiger partial charge on any atom is 0.0931 e. The Morgan fingerprint density at radius 1 is 1.50 bits per heavy atom. The Morgan fingerprint density at radius 3 is 2.81 bits per heavy atom. The van der Waals surface area contributed by atoms with Gasteiger partial charge >= 0.3 is 0 Å². The Balaban J connectivity index is 2.13. The number of hydrogen-bond donors (Lipinski definition) is 1. The highest BCUT2D eigenvalue weighted by atomic mass is 35.5. The fraction of sp³-hybridized carbons (Fsp3) is 0.545. The maximum atomic E-state index is 8.91. The van der Waals surface area contributed by atoms with E-state index in [0.717, 1.165) is 30.5 Å². The zero-order valence-corrected chi connectivity index (χ0v) is 10.5. The van der Waals surface area contributed by atoms with Crippen LogP contribution in [-0.4, -0.2) is 31.1 Å². The molecule has 0 unspecified atom stereocenters. The molecule has 3 nitrogen and oxygen atoms in total. The Kier molecular flexibility index (Phi) is 4.19. The molecule has 1 aliphatic heterocycles. The van der Waals surface area contributed by atoms with Crippen molar-refractivity contribution < 1.29 is 0 Å². The van der Waals surface area contributed by atoms with E-state index in [0.29, 0.717) is 6.42 Å². The molecule has 86 valence electrons. The summed E-state index contributed by atoms with van der Waals surface area (Å²) in [6, 6.07) is 6.44. The predicted octanol–water partition coefficient (Wildman–Crippen LogP) is 2.26. The first-order chi connectivity index (χ1) is 7.81. The van der Waals surface area contributed by atoms with Gasteiger partial charge < -0.3 is 5.32 Å². The quantitative estimate of drug-likeness (QED) is 0.901. The molecule has 1 atom stereocenters. The summed E-state index contributed by atoms with van der Waals surface area (Å²) < 4.78 is 0.799. The van der Waals surface area contributed by atoms with Crippen LogP contribution in [0.4, 0.5) is 0 Å². The Bertz CT molecular complexity index is 379. The first kappa shape index (κ1) is 11.9. The summed E-state index contributed by atoms with van der Waals surface area (Å²) in [6.45, 7) is 4.01. The third kappa shape index (κ3) is 2.74. The van der Waals surface area contributed by atoms with Crippen molar-refractivity contribution in [1.29, 1.82) is 5.26 Å². The predicted molar refractivity (Wildman–Crippen MR) is 66.7 cm³/mol. The van der Waals surface area contributed by atoms with E-state index >= 15 is 0 Å². The highest BCUT2D eigenvalue weighted by Gasteiger charge is 2.23. The van der Waals surface area contributed by atoms with Crippen molar-refractivity contribution in [2.45, 2.75) is 12.5 Å². The molecular weight excluding hydrogens is 242 g/mol. The van der Waals surface area contributed by atoms with E-state index in [2.05, 4.69) is 16.3 Å². The largest absolute Gasteiger partial charge is 0.314 e. The SMILES string of the molecule is N#CC[C@H](c1ccc(Cl)s1)N1CCNCC1. The van der Waals surface area contributed by atoms with E-state index in [-0.39, 0.29) is 6.04 Å². The number of thiophene rings is 1. The molecule has 0 spiro atoms. The van der Waals surface area contributed by atoms with E-state index in [1.807, 2.05) is 12.1 Å². The van der Waals surface area contributed by atoms with Gasteiger partial charge in [-0.1, -0.05) is 11.6 Å². The summed E-state index contributed by atoms with van der Waals surface area (Å²) in [4.78, 5) is 3.57. The van der Waals surface area contributed by atoms with Crippen LogP contribution in [0, 0.1) is 11.3 Å². The molecule has 0 bridgehead atoms. The van der Waals surface area contributed by atoms with Crippen molar-refractivity contribution in [1.82, 2.24) is 10.2 Å². The van der Waals surface area contributed by atoms with Crippen LogP contribution in [0.25, 0.3) is 0 Å². The van der Waals surface area contributed by atoms with Crippen LogP contribution in [-0.2, 0) is 0 Å². The molecular formula is C11H14ClN3S. The van der Waals surface area contributed by atoms with Crippen LogP contribution in [0.5, 0.6) is 0 Å². The number of piperazine rings is 1. The molecule has 5 heteroatoms. The minimum atomic E-state index is 0.213. The Hall–Kier alpha value is -0.600. The number of rotatable bonds is 3. The van der Waals surface area contributed by atoms with Crippen LogP contribution >= 0.6 is 22.9 Å². The fourth-order valence-corrected chi connectivity index (χ4v) is 3.19. The van der Waals surface area contributed by atoms with Crippen molar-refractivity contribution in [3.05, 3.63) is 21.3 Å². The monoisotopic (exact) mass is 255 g/mol. The van der Waals surface area contributed by atoms with E-state index < -0.39 is 0 Å². The summed E-state index contributed by atoms with van der Waals surface area (Å²) in [6.07, 6.45) is 0.539. The average molecular weight is 256 g/mol. The molecule has 1 aromatic heterocycles. The lowest BCUT2D eigenvalue weighted by Gasteiger charge is -2.33. The smallest absolute Gasteiger partial charge is 0.0931 e. The maximum absolute atomic E-state index is 8.91. The number of nitrogens with zero attached hydrogens (tertiary/aromatic N) is 2. The third-order valence-electron chi connectivity index (χ3n) is 2.80. The van der Waals surface area contributed by atoms with Crippen LogP contribution < -0.4 is 5.32 Å². The van der Waals surface area contributed by atoms with Gasteiger partial charge in [0.1, 0.15) is 0 Å². The van der Waals surface area contributed by atoms with Gasteiger partial charge in [-0.2, -0.15) is 5.26 Å². The minimum Gasteiger partial charge on any atom is -0.314 e. The van der Waals surface area contributed by atoms with Crippen molar-refractivity contribution >= 4 is 22.9 Å².